The van der Waals surface area contributed by atoms with Crippen LogP contribution in [0.2, 0.25) is 5.02 Å². The third kappa shape index (κ3) is 5.11. The van der Waals surface area contributed by atoms with Gasteiger partial charge in [0.05, 0.1) is 23.6 Å². The summed E-state index contributed by atoms with van der Waals surface area (Å²) in [5.74, 6) is -0.497. The minimum atomic E-state index is -1.02. The zero-order valence-electron chi connectivity index (χ0n) is 20.2. The zero-order valence-corrected chi connectivity index (χ0v) is 21.0. The molecule has 1 saturated carbocycles. The minimum absolute atomic E-state index is 0.0277. The van der Waals surface area contributed by atoms with Crippen LogP contribution in [0.1, 0.15) is 24.0 Å². The molecule has 3 atom stereocenters. The SMILES string of the molecule is NC(=O)On1cc(CC(=O)N2[C@@H]3C[C@@H]3C[C@H]2C(=O)NCc2cccc(Cl)c2F)c2cc(OCCO)ccc21. The fraction of sp³-hybridized carbons (Fsp3) is 0.346. The highest BCUT2D eigenvalue weighted by molar-refractivity contribution is 6.30. The van der Waals surface area contributed by atoms with Crippen molar-refractivity contribution in [2.24, 2.45) is 11.7 Å². The molecule has 38 heavy (non-hydrogen) atoms. The number of nitrogens with one attached hydrogen (secondary N) is 1. The second-order valence-corrected chi connectivity index (χ2v) is 9.77. The molecule has 200 valence electrons. The van der Waals surface area contributed by atoms with E-state index in [9.17, 15) is 18.8 Å². The Morgan fingerprint density at radius 3 is 2.76 bits per heavy atom. The second-order valence-electron chi connectivity index (χ2n) is 9.36. The fourth-order valence-electron chi connectivity index (χ4n) is 5.10. The average molecular weight is 545 g/mol. The lowest BCUT2D eigenvalue weighted by molar-refractivity contribution is -0.139. The molecule has 2 fully saturated rings. The molecule has 10 nitrogen and oxygen atoms in total. The van der Waals surface area contributed by atoms with Gasteiger partial charge in [0.2, 0.25) is 11.8 Å². The second kappa shape index (κ2) is 10.5. The Morgan fingerprint density at radius 1 is 1.18 bits per heavy atom. The molecule has 1 aromatic heterocycles. The molecule has 4 N–H and O–H groups in total. The van der Waals surface area contributed by atoms with E-state index >= 15 is 0 Å². The number of aromatic nitrogens is 1. The summed E-state index contributed by atoms with van der Waals surface area (Å²) >= 11 is 5.83. The van der Waals surface area contributed by atoms with Gasteiger partial charge in [-0.05, 0) is 48.6 Å². The monoisotopic (exact) mass is 544 g/mol. The predicted molar refractivity (Wildman–Crippen MR) is 135 cm³/mol. The molecule has 1 saturated heterocycles. The van der Waals surface area contributed by atoms with Crippen molar-refractivity contribution in [3.05, 3.63) is 64.6 Å². The van der Waals surface area contributed by atoms with Crippen LogP contribution < -0.4 is 20.6 Å². The summed E-state index contributed by atoms with van der Waals surface area (Å²) in [5, 5.41) is 12.4. The van der Waals surface area contributed by atoms with Crippen LogP contribution in [0.4, 0.5) is 9.18 Å². The number of ether oxygens (including phenoxy) is 1. The number of benzene rings is 2. The number of aliphatic hydroxyl groups excluding tert-OH is 1. The van der Waals surface area contributed by atoms with E-state index in [1.165, 1.54) is 17.0 Å². The summed E-state index contributed by atoms with van der Waals surface area (Å²) < 4.78 is 20.9. The number of likely N-dealkylation sites (tertiary alicyclic amines) is 1. The van der Waals surface area contributed by atoms with Gasteiger partial charge < -0.3 is 30.6 Å². The smallest absolute Gasteiger partial charge is 0.429 e. The number of piperidine rings is 1. The van der Waals surface area contributed by atoms with Crippen LogP contribution in [0.5, 0.6) is 5.75 Å². The van der Waals surface area contributed by atoms with Crippen molar-refractivity contribution >= 4 is 40.4 Å². The molecule has 3 amide bonds. The number of aliphatic hydroxyl groups is 1. The molecule has 0 spiro atoms. The van der Waals surface area contributed by atoms with E-state index in [4.69, 9.17) is 32.0 Å². The number of primary amides is 1. The van der Waals surface area contributed by atoms with Crippen LogP contribution in [0, 0.1) is 11.7 Å². The van der Waals surface area contributed by atoms with E-state index in [0.717, 1.165) is 6.42 Å². The first kappa shape index (κ1) is 25.8. The minimum Gasteiger partial charge on any atom is -0.491 e. The number of amides is 3. The number of halogens is 2. The number of carbonyl (C=O) groups excluding carboxylic acids is 3. The number of nitrogens with two attached hydrogens (primary N) is 1. The number of hydrogen-bond donors (Lipinski definition) is 3. The normalized spacial score (nSPS) is 19.8. The van der Waals surface area contributed by atoms with Crippen LogP contribution in [0.25, 0.3) is 10.9 Å². The molecule has 12 heteroatoms. The Labute approximate surface area is 222 Å². The third-order valence-corrected chi connectivity index (χ3v) is 7.19. The predicted octanol–water partition coefficient (Wildman–Crippen LogP) is 2.16. The van der Waals surface area contributed by atoms with Gasteiger partial charge in [-0.25, -0.2) is 9.18 Å². The fourth-order valence-corrected chi connectivity index (χ4v) is 5.29. The van der Waals surface area contributed by atoms with Gasteiger partial charge in [-0.2, -0.15) is 4.73 Å². The first-order chi connectivity index (χ1) is 18.3. The van der Waals surface area contributed by atoms with Gasteiger partial charge in [-0.3, -0.25) is 9.59 Å². The van der Waals surface area contributed by atoms with Crippen LogP contribution >= 0.6 is 11.6 Å². The summed E-state index contributed by atoms with van der Waals surface area (Å²) in [6.07, 6.45) is 1.77. The van der Waals surface area contributed by atoms with E-state index in [-0.39, 0.29) is 60.5 Å². The molecule has 5 rings (SSSR count). The topological polar surface area (TPSA) is 136 Å². The first-order valence-electron chi connectivity index (χ1n) is 12.1. The van der Waals surface area contributed by atoms with Gasteiger partial charge in [-0.15, -0.1) is 0 Å². The standard InChI is InChI=1S/C26H26ClFN4O6/c27-19-3-1-2-14(24(19)28)12-30-25(35)22-9-15-8-21(15)32(22)23(34)10-16-13-31(38-26(29)36)20-5-4-17(11-18(16)20)37-7-6-33/h1-5,11,13,15,21-22,33H,6-10,12H2,(H2,29,36)(H,30,35)/t15-,21-,22+/m1/s1. The maximum Gasteiger partial charge on any atom is 0.429 e. The summed E-state index contributed by atoms with van der Waals surface area (Å²) in [6, 6.07) is 8.85. The summed E-state index contributed by atoms with van der Waals surface area (Å²) in [7, 11) is 0. The van der Waals surface area contributed by atoms with Gasteiger partial charge in [0.15, 0.2) is 0 Å². The Morgan fingerprint density at radius 2 is 2.00 bits per heavy atom. The van der Waals surface area contributed by atoms with Crippen LogP contribution in [0.15, 0.2) is 42.6 Å². The van der Waals surface area contributed by atoms with E-state index in [1.807, 2.05) is 0 Å². The zero-order chi connectivity index (χ0) is 27.0. The van der Waals surface area contributed by atoms with Crippen molar-refractivity contribution in [3.63, 3.8) is 0 Å². The molecule has 2 aromatic carbocycles. The highest BCUT2D eigenvalue weighted by atomic mass is 35.5. The molecule has 2 heterocycles. The van der Waals surface area contributed by atoms with Crippen LogP contribution in [-0.2, 0) is 22.6 Å². The number of carbonyl (C=O) groups is 3. The maximum absolute atomic E-state index is 14.2. The van der Waals surface area contributed by atoms with Crippen LogP contribution in [0.3, 0.4) is 0 Å². The van der Waals surface area contributed by atoms with Crippen molar-refractivity contribution in [1.29, 1.82) is 0 Å². The van der Waals surface area contributed by atoms with Gasteiger partial charge in [0.1, 0.15) is 24.2 Å². The molecule has 0 bridgehead atoms. The van der Waals surface area contributed by atoms with Crippen molar-refractivity contribution in [2.75, 3.05) is 13.2 Å². The Bertz CT molecular complexity index is 1410. The van der Waals surface area contributed by atoms with E-state index < -0.39 is 18.0 Å². The summed E-state index contributed by atoms with van der Waals surface area (Å²) in [5.41, 5.74) is 6.50. The number of hydrogen-bond acceptors (Lipinski definition) is 6. The maximum atomic E-state index is 14.2. The quantitative estimate of drug-likeness (QED) is 0.378. The molecule has 0 unspecified atom stereocenters. The molecule has 3 aromatic rings. The first-order valence-corrected chi connectivity index (χ1v) is 12.5. The van der Waals surface area contributed by atoms with Gasteiger partial charge in [0.25, 0.3) is 0 Å². The van der Waals surface area contributed by atoms with E-state index in [0.29, 0.717) is 28.6 Å². The van der Waals surface area contributed by atoms with Gasteiger partial charge in [0, 0.05) is 29.7 Å². The van der Waals surface area contributed by atoms with Crippen molar-refractivity contribution in [2.45, 2.75) is 37.9 Å². The molecule has 0 radical (unpaired) electrons. The van der Waals surface area contributed by atoms with Gasteiger partial charge >= 0.3 is 6.09 Å². The Hall–Kier alpha value is -3.83. The highest BCUT2D eigenvalue weighted by Gasteiger charge is 2.55. The highest BCUT2D eigenvalue weighted by Crippen LogP contribution is 2.48. The Kier molecular flexibility index (Phi) is 7.13. The summed E-state index contributed by atoms with van der Waals surface area (Å²) in [4.78, 5) is 44.7. The van der Waals surface area contributed by atoms with Crippen molar-refractivity contribution in [3.8, 4) is 5.75 Å². The van der Waals surface area contributed by atoms with Crippen molar-refractivity contribution in [1.82, 2.24) is 14.9 Å². The van der Waals surface area contributed by atoms with E-state index in [2.05, 4.69) is 5.32 Å². The van der Waals surface area contributed by atoms with E-state index in [1.54, 1.807) is 35.2 Å². The largest absolute Gasteiger partial charge is 0.491 e. The molecule has 2 aliphatic rings. The lowest BCUT2D eigenvalue weighted by atomic mass is 10.1. The van der Waals surface area contributed by atoms with Crippen LogP contribution in [-0.4, -0.2) is 57.9 Å². The average Bonchev–Trinajstić information content (AvgIpc) is 3.43. The lowest BCUT2D eigenvalue weighted by Crippen LogP contribution is -2.48. The van der Waals surface area contributed by atoms with Crippen molar-refractivity contribution < 1.29 is 33.5 Å². The molecular weight excluding hydrogens is 519 g/mol. The lowest BCUT2D eigenvalue weighted by Gasteiger charge is -2.27. The molecule has 1 aliphatic carbocycles. The number of nitrogens with zero attached hydrogens (tertiary/aromatic N) is 2. The number of rotatable bonds is 9. The number of fused-ring (bicyclic) bond motifs is 2. The molecular formula is C26H26ClFN4O6. The third-order valence-electron chi connectivity index (χ3n) is 6.89. The molecule has 1 aliphatic heterocycles. The van der Waals surface area contributed by atoms with Gasteiger partial charge in [-0.1, -0.05) is 23.7 Å². The Balaban J connectivity index is 1.35. The summed E-state index contributed by atoms with van der Waals surface area (Å²) in [6.45, 7) is -0.126.